The molecule has 0 radical (unpaired) electrons. The van der Waals surface area contributed by atoms with E-state index in [0.717, 1.165) is 11.3 Å². The summed E-state index contributed by atoms with van der Waals surface area (Å²) in [7, 11) is 0. The lowest BCUT2D eigenvalue weighted by Gasteiger charge is -2.10. The van der Waals surface area contributed by atoms with Crippen LogP contribution < -0.4 is 5.73 Å². The minimum atomic E-state index is 0.487. The van der Waals surface area contributed by atoms with Gasteiger partial charge in [-0.3, -0.25) is 0 Å². The molecule has 0 spiro atoms. The molecule has 1 nitrogen and oxygen atoms in total. The molecule has 0 aromatic heterocycles. The Morgan fingerprint density at radius 3 is 2.17 bits per heavy atom. The fourth-order valence-electron chi connectivity index (χ4n) is 1.05. The third kappa shape index (κ3) is 3.42. The van der Waals surface area contributed by atoms with E-state index in [-0.39, 0.29) is 0 Å². The van der Waals surface area contributed by atoms with Crippen LogP contribution in [0.4, 0.5) is 0 Å². The van der Waals surface area contributed by atoms with Crippen molar-refractivity contribution in [2.24, 2.45) is 11.7 Å². The van der Waals surface area contributed by atoms with Crippen molar-refractivity contribution in [1.82, 2.24) is 0 Å². The summed E-state index contributed by atoms with van der Waals surface area (Å²) in [5.41, 5.74) is 8.82. The zero-order valence-corrected chi connectivity index (χ0v) is 8.52. The molecule has 0 aliphatic rings. The Balaban J connectivity index is 4.74. The summed E-state index contributed by atoms with van der Waals surface area (Å²) >= 11 is 0. The van der Waals surface area contributed by atoms with Gasteiger partial charge in [-0.15, -0.1) is 0 Å². The normalized spacial score (nSPS) is 13.8. The second-order valence-electron chi connectivity index (χ2n) is 3.32. The highest BCUT2D eigenvalue weighted by molar-refractivity contribution is 5.34. The zero-order chi connectivity index (χ0) is 9.72. The van der Waals surface area contributed by atoms with Crippen LogP contribution in [0, 0.1) is 5.92 Å². The van der Waals surface area contributed by atoms with Crippen LogP contribution in [0.1, 0.15) is 27.7 Å². The minimum absolute atomic E-state index is 0.487. The standard InChI is InChI=1S/C11H19N/c1-6-10(12)7-11(8(2)3)9(4)5/h6-7,9H,2,12H2,1,3-5H3/b10-6+,11-7+. The van der Waals surface area contributed by atoms with Gasteiger partial charge in [0.1, 0.15) is 0 Å². The minimum Gasteiger partial charge on any atom is -0.399 e. The van der Waals surface area contributed by atoms with E-state index in [9.17, 15) is 0 Å². The molecule has 12 heavy (non-hydrogen) atoms. The Morgan fingerprint density at radius 2 is 1.92 bits per heavy atom. The van der Waals surface area contributed by atoms with E-state index < -0.39 is 0 Å². The van der Waals surface area contributed by atoms with E-state index in [1.54, 1.807) is 0 Å². The molecule has 0 unspecified atom stereocenters. The molecule has 0 aromatic rings. The molecule has 0 saturated heterocycles. The molecule has 0 aliphatic carbocycles. The van der Waals surface area contributed by atoms with Gasteiger partial charge in [0.15, 0.2) is 0 Å². The molecule has 0 amide bonds. The highest BCUT2D eigenvalue weighted by Crippen LogP contribution is 2.18. The molecular formula is C11H19N. The van der Waals surface area contributed by atoms with Crippen LogP contribution >= 0.6 is 0 Å². The van der Waals surface area contributed by atoms with Crippen molar-refractivity contribution in [3.8, 4) is 0 Å². The van der Waals surface area contributed by atoms with Crippen LogP contribution in [0.5, 0.6) is 0 Å². The maximum Gasteiger partial charge on any atom is 0.0273 e. The molecule has 0 fully saturated rings. The van der Waals surface area contributed by atoms with Crippen molar-refractivity contribution in [2.45, 2.75) is 27.7 Å². The fraction of sp³-hybridized carbons (Fsp3) is 0.455. The predicted octanol–water partition coefficient (Wildman–Crippen LogP) is 3.01. The smallest absolute Gasteiger partial charge is 0.0273 e. The number of allylic oxidation sites excluding steroid dienone is 4. The maximum atomic E-state index is 5.69. The van der Waals surface area contributed by atoms with Gasteiger partial charge in [-0.1, -0.05) is 32.1 Å². The second kappa shape index (κ2) is 4.81. The molecule has 0 aromatic carbocycles. The van der Waals surface area contributed by atoms with Gasteiger partial charge in [0.2, 0.25) is 0 Å². The predicted molar refractivity (Wildman–Crippen MR) is 55.7 cm³/mol. The van der Waals surface area contributed by atoms with E-state index in [1.165, 1.54) is 5.57 Å². The molecular weight excluding hydrogens is 146 g/mol. The van der Waals surface area contributed by atoms with Gasteiger partial charge < -0.3 is 5.73 Å². The van der Waals surface area contributed by atoms with Crippen LogP contribution in [0.3, 0.4) is 0 Å². The molecule has 68 valence electrons. The lowest BCUT2D eigenvalue weighted by atomic mass is 9.96. The SMILES string of the molecule is C=C(C)/C(=C\C(N)=C/C)C(C)C. The first-order valence-corrected chi connectivity index (χ1v) is 4.28. The molecule has 0 heterocycles. The third-order valence-electron chi connectivity index (χ3n) is 1.77. The summed E-state index contributed by atoms with van der Waals surface area (Å²) in [5.74, 6) is 0.487. The Hall–Kier alpha value is -0.980. The second-order valence-corrected chi connectivity index (χ2v) is 3.32. The van der Waals surface area contributed by atoms with Crippen molar-refractivity contribution in [2.75, 3.05) is 0 Å². The van der Waals surface area contributed by atoms with Crippen LogP contribution in [0.15, 0.2) is 35.6 Å². The van der Waals surface area contributed by atoms with Crippen LogP contribution in [-0.4, -0.2) is 0 Å². The van der Waals surface area contributed by atoms with Gasteiger partial charge in [-0.25, -0.2) is 0 Å². The fourth-order valence-corrected chi connectivity index (χ4v) is 1.05. The van der Waals surface area contributed by atoms with Crippen molar-refractivity contribution >= 4 is 0 Å². The Morgan fingerprint density at radius 1 is 1.42 bits per heavy atom. The van der Waals surface area contributed by atoms with Crippen LogP contribution in [0.25, 0.3) is 0 Å². The Bertz CT molecular complexity index is 219. The molecule has 0 bridgehead atoms. The van der Waals surface area contributed by atoms with Gasteiger partial charge >= 0.3 is 0 Å². The summed E-state index contributed by atoms with van der Waals surface area (Å²) in [6, 6.07) is 0. The topological polar surface area (TPSA) is 26.0 Å². The third-order valence-corrected chi connectivity index (χ3v) is 1.77. The lowest BCUT2D eigenvalue weighted by molar-refractivity contribution is 0.777. The van der Waals surface area contributed by atoms with Gasteiger partial charge in [-0.05, 0) is 31.4 Å². The average molecular weight is 165 g/mol. The van der Waals surface area contributed by atoms with E-state index in [1.807, 2.05) is 26.0 Å². The zero-order valence-electron chi connectivity index (χ0n) is 8.52. The molecule has 0 saturated carbocycles. The number of rotatable bonds is 3. The average Bonchev–Trinajstić information content (AvgIpc) is 1.98. The van der Waals surface area contributed by atoms with Gasteiger partial charge in [0, 0.05) is 5.70 Å². The maximum absolute atomic E-state index is 5.69. The first-order valence-electron chi connectivity index (χ1n) is 4.28. The van der Waals surface area contributed by atoms with Crippen molar-refractivity contribution < 1.29 is 0 Å². The first kappa shape index (κ1) is 11.0. The van der Waals surface area contributed by atoms with Crippen molar-refractivity contribution in [3.05, 3.63) is 35.6 Å². The van der Waals surface area contributed by atoms with Gasteiger partial charge in [0.05, 0.1) is 0 Å². The molecule has 0 aliphatic heterocycles. The summed E-state index contributed by atoms with van der Waals surface area (Å²) in [6.45, 7) is 12.1. The summed E-state index contributed by atoms with van der Waals surface area (Å²) in [6.07, 6.45) is 3.89. The number of hydrogen-bond donors (Lipinski definition) is 1. The van der Waals surface area contributed by atoms with Crippen molar-refractivity contribution in [1.29, 1.82) is 0 Å². The quantitative estimate of drug-likeness (QED) is 0.639. The largest absolute Gasteiger partial charge is 0.399 e. The van der Waals surface area contributed by atoms with E-state index in [4.69, 9.17) is 5.73 Å². The molecule has 1 heteroatoms. The first-order chi connectivity index (χ1) is 5.49. The molecule has 2 N–H and O–H groups in total. The highest BCUT2D eigenvalue weighted by atomic mass is 14.6. The van der Waals surface area contributed by atoms with Gasteiger partial charge in [-0.2, -0.15) is 0 Å². The van der Waals surface area contributed by atoms with Crippen molar-refractivity contribution in [3.63, 3.8) is 0 Å². The Labute approximate surface area is 75.7 Å². The molecule has 0 rings (SSSR count). The lowest BCUT2D eigenvalue weighted by Crippen LogP contribution is -2.00. The summed E-state index contributed by atoms with van der Waals surface area (Å²) in [4.78, 5) is 0. The van der Waals surface area contributed by atoms with Crippen LogP contribution in [-0.2, 0) is 0 Å². The van der Waals surface area contributed by atoms with E-state index in [2.05, 4.69) is 20.4 Å². The number of hydrogen-bond acceptors (Lipinski definition) is 1. The van der Waals surface area contributed by atoms with E-state index >= 15 is 0 Å². The van der Waals surface area contributed by atoms with Crippen LogP contribution in [0.2, 0.25) is 0 Å². The van der Waals surface area contributed by atoms with Gasteiger partial charge in [0.25, 0.3) is 0 Å². The summed E-state index contributed by atoms with van der Waals surface area (Å²) in [5, 5.41) is 0. The highest BCUT2D eigenvalue weighted by Gasteiger charge is 2.03. The van der Waals surface area contributed by atoms with E-state index in [0.29, 0.717) is 5.92 Å². The Kier molecular flexibility index (Phi) is 4.42. The number of nitrogens with two attached hydrogens (primary N) is 1. The summed E-state index contributed by atoms with van der Waals surface area (Å²) < 4.78 is 0. The monoisotopic (exact) mass is 165 g/mol. The molecule has 0 atom stereocenters.